The first kappa shape index (κ1) is 12.7. The molecular weight excluding hydrogens is 208 g/mol. The lowest BCUT2D eigenvalue weighted by molar-refractivity contribution is 0.239. The Kier molecular flexibility index (Phi) is 5.29. The summed E-state index contributed by atoms with van der Waals surface area (Å²) in [7, 11) is 0. The van der Waals surface area contributed by atoms with Gasteiger partial charge in [-0.3, -0.25) is 0 Å². The predicted octanol–water partition coefficient (Wildman–Crippen LogP) is 2.37. The van der Waals surface area contributed by atoms with Gasteiger partial charge in [0.15, 0.2) is 0 Å². The maximum Gasteiger partial charge on any atom is 0.314 e. The first-order valence-electron chi connectivity index (χ1n) is 5.79. The Balaban J connectivity index is 2.25. The van der Waals surface area contributed by atoms with E-state index in [0.29, 0.717) is 4.75 Å². The van der Waals surface area contributed by atoms with E-state index >= 15 is 0 Å². The van der Waals surface area contributed by atoms with E-state index in [1.165, 1.54) is 25.7 Å². The van der Waals surface area contributed by atoms with Crippen LogP contribution in [-0.2, 0) is 0 Å². The standard InChI is InChI=1S/C11H22N2OS/c1-3-8-12-10(14)13-9-11(15-2)6-4-5-7-11/h3-9H2,1-2H3,(H2,12,13,14). The van der Waals surface area contributed by atoms with E-state index in [0.717, 1.165) is 19.5 Å². The Hall–Kier alpha value is -0.380. The van der Waals surface area contributed by atoms with Gasteiger partial charge in [0.2, 0.25) is 0 Å². The largest absolute Gasteiger partial charge is 0.338 e. The van der Waals surface area contributed by atoms with E-state index in [1.54, 1.807) is 0 Å². The lowest BCUT2D eigenvalue weighted by Crippen LogP contribution is -2.43. The van der Waals surface area contributed by atoms with Gasteiger partial charge in [0.25, 0.3) is 0 Å². The van der Waals surface area contributed by atoms with E-state index in [2.05, 4.69) is 23.8 Å². The third kappa shape index (κ3) is 3.93. The fourth-order valence-electron chi connectivity index (χ4n) is 2.01. The van der Waals surface area contributed by atoms with E-state index < -0.39 is 0 Å². The highest BCUT2D eigenvalue weighted by Gasteiger charge is 2.33. The highest BCUT2D eigenvalue weighted by atomic mass is 32.2. The molecule has 0 aromatic rings. The van der Waals surface area contributed by atoms with Crippen molar-refractivity contribution in [3.05, 3.63) is 0 Å². The summed E-state index contributed by atoms with van der Waals surface area (Å²) >= 11 is 1.90. The lowest BCUT2D eigenvalue weighted by atomic mass is 10.1. The topological polar surface area (TPSA) is 41.1 Å². The van der Waals surface area contributed by atoms with Crippen LogP contribution in [0.4, 0.5) is 4.79 Å². The second-order valence-electron chi connectivity index (χ2n) is 4.20. The quantitative estimate of drug-likeness (QED) is 0.761. The zero-order valence-corrected chi connectivity index (χ0v) is 10.6. The van der Waals surface area contributed by atoms with E-state index in [9.17, 15) is 4.79 Å². The molecule has 0 heterocycles. The number of urea groups is 1. The number of hydrogen-bond acceptors (Lipinski definition) is 2. The maximum absolute atomic E-state index is 11.4. The first-order chi connectivity index (χ1) is 7.22. The van der Waals surface area contributed by atoms with E-state index in [1.807, 2.05) is 11.8 Å². The number of thioether (sulfide) groups is 1. The molecule has 0 aromatic heterocycles. The van der Waals surface area contributed by atoms with Crippen LogP contribution in [0.1, 0.15) is 39.0 Å². The van der Waals surface area contributed by atoms with Crippen molar-refractivity contribution in [1.82, 2.24) is 10.6 Å². The molecule has 0 radical (unpaired) electrons. The molecule has 3 nitrogen and oxygen atoms in total. The summed E-state index contributed by atoms with van der Waals surface area (Å²) in [6.45, 7) is 3.63. The van der Waals surface area contributed by atoms with Crippen molar-refractivity contribution in [3.8, 4) is 0 Å². The second kappa shape index (κ2) is 6.26. The van der Waals surface area contributed by atoms with Crippen molar-refractivity contribution in [2.75, 3.05) is 19.3 Å². The lowest BCUT2D eigenvalue weighted by Gasteiger charge is -2.26. The molecule has 0 spiro atoms. The molecule has 1 fully saturated rings. The Bertz CT molecular complexity index is 203. The minimum atomic E-state index is -0.0165. The van der Waals surface area contributed by atoms with Crippen molar-refractivity contribution in [1.29, 1.82) is 0 Å². The molecule has 0 atom stereocenters. The van der Waals surface area contributed by atoms with Crippen LogP contribution < -0.4 is 10.6 Å². The minimum absolute atomic E-state index is 0.0165. The van der Waals surface area contributed by atoms with Crippen LogP contribution in [-0.4, -0.2) is 30.1 Å². The number of amides is 2. The number of rotatable bonds is 5. The molecule has 2 amide bonds. The summed E-state index contributed by atoms with van der Waals surface area (Å²) in [5.41, 5.74) is 0. The van der Waals surface area contributed by atoms with Crippen molar-refractivity contribution in [3.63, 3.8) is 0 Å². The third-order valence-electron chi connectivity index (χ3n) is 3.05. The van der Waals surface area contributed by atoms with Crippen LogP contribution in [0.15, 0.2) is 0 Å². The Labute approximate surface area is 96.8 Å². The second-order valence-corrected chi connectivity index (χ2v) is 5.48. The molecule has 88 valence electrons. The summed E-state index contributed by atoms with van der Waals surface area (Å²) in [5, 5.41) is 5.82. The monoisotopic (exact) mass is 230 g/mol. The minimum Gasteiger partial charge on any atom is -0.338 e. The van der Waals surface area contributed by atoms with Crippen LogP contribution in [0.25, 0.3) is 0 Å². The number of carbonyl (C=O) groups excluding carboxylic acids is 1. The average Bonchev–Trinajstić information content (AvgIpc) is 2.73. The van der Waals surface area contributed by atoms with Crippen molar-refractivity contribution in [2.24, 2.45) is 0 Å². The Morgan fingerprint density at radius 3 is 2.53 bits per heavy atom. The van der Waals surface area contributed by atoms with Crippen molar-refractivity contribution < 1.29 is 4.79 Å². The number of carbonyl (C=O) groups is 1. The van der Waals surface area contributed by atoms with Crippen LogP contribution in [0.2, 0.25) is 0 Å². The molecular formula is C11H22N2OS. The molecule has 1 rings (SSSR count). The molecule has 1 aliphatic rings. The normalized spacial score (nSPS) is 18.8. The first-order valence-corrected chi connectivity index (χ1v) is 7.02. The van der Waals surface area contributed by atoms with Crippen molar-refractivity contribution >= 4 is 17.8 Å². The molecule has 4 heteroatoms. The molecule has 1 aliphatic carbocycles. The molecule has 1 saturated carbocycles. The fraction of sp³-hybridized carbons (Fsp3) is 0.909. The zero-order valence-electron chi connectivity index (χ0n) is 9.77. The maximum atomic E-state index is 11.4. The summed E-state index contributed by atoms with van der Waals surface area (Å²) in [6, 6.07) is -0.0165. The van der Waals surface area contributed by atoms with Crippen LogP contribution in [0, 0.1) is 0 Å². The molecule has 0 bridgehead atoms. The van der Waals surface area contributed by atoms with Gasteiger partial charge in [-0.15, -0.1) is 0 Å². The van der Waals surface area contributed by atoms with E-state index in [-0.39, 0.29) is 6.03 Å². The Morgan fingerprint density at radius 2 is 2.00 bits per heavy atom. The van der Waals surface area contributed by atoms with Gasteiger partial charge in [0.1, 0.15) is 0 Å². The van der Waals surface area contributed by atoms with Gasteiger partial charge in [-0.05, 0) is 25.5 Å². The van der Waals surface area contributed by atoms with Crippen LogP contribution >= 0.6 is 11.8 Å². The number of nitrogens with one attached hydrogen (secondary N) is 2. The number of hydrogen-bond donors (Lipinski definition) is 2. The molecule has 0 aliphatic heterocycles. The molecule has 0 unspecified atom stereocenters. The Morgan fingerprint density at radius 1 is 1.33 bits per heavy atom. The summed E-state index contributed by atoms with van der Waals surface area (Å²) in [4.78, 5) is 11.4. The zero-order chi connectivity index (χ0) is 11.1. The fourth-order valence-corrected chi connectivity index (χ4v) is 2.93. The highest BCUT2D eigenvalue weighted by Crippen LogP contribution is 2.39. The SMILES string of the molecule is CCCNC(=O)NCC1(SC)CCCC1. The summed E-state index contributed by atoms with van der Waals surface area (Å²) in [5.74, 6) is 0. The van der Waals surface area contributed by atoms with Gasteiger partial charge in [0, 0.05) is 17.8 Å². The van der Waals surface area contributed by atoms with Gasteiger partial charge in [-0.25, -0.2) is 4.79 Å². The highest BCUT2D eigenvalue weighted by molar-refractivity contribution is 8.00. The van der Waals surface area contributed by atoms with Crippen LogP contribution in [0.3, 0.4) is 0 Å². The van der Waals surface area contributed by atoms with Gasteiger partial charge >= 0.3 is 6.03 Å². The summed E-state index contributed by atoms with van der Waals surface area (Å²) < 4.78 is 0.309. The van der Waals surface area contributed by atoms with Crippen molar-refractivity contribution in [2.45, 2.75) is 43.8 Å². The predicted molar refractivity (Wildman–Crippen MR) is 66.4 cm³/mol. The molecule has 15 heavy (non-hydrogen) atoms. The molecule has 0 aromatic carbocycles. The third-order valence-corrected chi connectivity index (χ3v) is 4.47. The van der Waals surface area contributed by atoms with E-state index in [4.69, 9.17) is 0 Å². The van der Waals surface area contributed by atoms with Gasteiger partial charge < -0.3 is 10.6 Å². The molecule has 0 saturated heterocycles. The molecule has 2 N–H and O–H groups in total. The van der Waals surface area contributed by atoms with Crippen LogP contribution in [0.5, 0.6) is 0 Å². The summed E-state index contributed by atoms with van der Waals surface area (Å²) in [6.07, 6.45) is 8.22. The van der Waals surface area contributed by atoms with Gasteiger partial charge in [-0.1, -0.05) is 19.8 Å². The van der Waals surface area contributed by atoms with Gasteiger partial charge in [-0.2, -0.15) is 11.8 Å². The average molecular weight is 230 g/mol. The van der Waals surface area contributed by atoms with Gasteiger partial charge in [0.05, 0.1) is 0 Å². The smallest absolute Gasteiger partial charge is 0.314 e.